The Bertz CT molecular complexity index is 1500. The molecule has 0 aliphatic heterocycles. The molecule has 4 aromatic rings. The minimum Gasteiger partial charge on any atom is -0.468 e. The van der Waals surface area contributed by atoms with E-state index in [0.29, 0.717) is 27.1 Å². The zero-order valence-electron chi connectivity index (χ0n) is 18.9. The molecular weight excluding hydrogens is 458 g/mol. The number of fused-ring (bicyclic) bond motifs is 3. The largest absolute Gasteiger partial charge is 0.468 e. The molecule has 2 heterocycles. The summed E-state index contributed by atoms with van der Waals surface area (Å²) in [4.78, 5) is 38.9. The molecule has 0 unspecified atom stereocenters. The van der Waals surface area contributed by atoms with Gasteiger partial charge in [0.25, 0.3) is 5.56 Å². The van der Waals surface area contributed by atoms with E-state index in [0.717, 1.165) is 5.56 Å². The Balaban J connectivity index is 1.95. The van der Waals surface area contributed by atoms with Crippen molar-refractivity contribution in [3.8, 4) is 5.69 Å². The Labute approximate surface area is 199 Å². The molecule has 0 atom stereocenters. The van der Waals surface area contributed by atoms with E-state index >= 15 is 0 Å². The molecule has 34 heavy (non-hydrogen) atoms. The molecule has 0 aliphatic rings. The van der Waals surface area contributed by atoms with Crippen molar-refractivity contribution in [1.82, 2.24) is 23.6 Å². The van der Waals surface area contributed by atoms with Crippen LogP contribution in [-0.2, 0) is 25.7 Å². The highest BCUT2D eigenvalue weighted by molar-refractivity contribution is 7.71. The molecule has 10 nitrogen and oxygen atoms in total. The van der Waals surface area contributed by atoms with E-state index in [4.69, 9.17) is 21.7 Å². The highest BCUT2D eigenvalue weighted by atomic mass is 32.1. The molecule has 0 bridgehead atoms. The Morgan fingerprint density at radius 2 is 1.62 bits per heavy atom. The summed E-state index contributed by atoms with van der Waals surface area (Å²) < 4.78 is 14.5. The molecule has 0 fully saturated rings. The van der Waals surface area contributed by atoms with Gasteiger partial charge in [0.15, 0.2) is 0 Å². The van der Waals surface area contributed by atoms with Crippen molar-refractivity contribution in [2.24, 2.45) is 0 Å². The van der Waals surface area contributed by atoms with Gasteiger partial charge in [-0.2, -0.15) is 0 Å². The molecule has 2 aromatic heterocycles. The third-order valence-electron chi connectivity index (χ3n) is 5.45. The van der Waals surface area contributed by atoms with Crippen LogP contribution in [0.25, 0.3) is 22.4 Å². The summed E-state index contributed by atoms with van der Waals surface area (Å²) in [6, 6.07) is 14.6. The topological polar surface area (TPSA) is 100 Å². The van der Waals surface area contributed by atoms with Gasteiger partial charge in [-0.3, -0.25) is 23.7 Å². The predicted molar refractivity (Wildman–Crippen MR) is 127 cm³/mol. The van der Waals surface area contributed by atoms with Crippen LogP contribution in [0.1, 0.15) is 5.56 Å². The van der Waals surface area contributed by atoms with Crippen molar-refractivity contribution in [2.75, 3.05) is 27.3 Å². The number of hydrogen-bond donors (Lipinski definition) is 0. The number of methoxy groups -OCH3 is 2. The maximum atomic E-state index is 13.5. The Hall–Kier alpha value is -3.83. The quantitative estimate of drug-likeness (QED) is 0.292. The van der Waals surface area contributed by atoms with Crippen molar-refractivity contribution in [2.45, 2.75) is 13.6 Å². The average molecular weight is 482 g/mol. The highest BCUT2D eigenvalue weighted by Crippen LogP contribution is 2.19. The second-order valence-electron chi connectivity index (χ2n) is 7.64. The van der Waals surface area contributed by atoms with E-state index in [1.54, 1.807) is 22.6 Å². The molecule has 4 rings (SSSR count). The van der Waals surface area contributed by atoms with Gasteiger partial charge in [0.05, 0.1) is 50.6 Å². The summed E-state index contributed by atoms with van der Waals surface area (Å²) in [5.74, 6) is -0.734. The van der Waals surface area contributed by atoms with Crippen molar-refractivity contribution >= 4 is 40.8 Å². The number of hydrogen-bond acceptors (Lipinski definition) is 8. The maximum absolute atomic E-state index is 13.5. The molecule has 176 valence electrons. The van der Waals surface area contributed by atoms with Crippen LogP contribution in [-0.4, -0.2) is 62.9 Å². The van der Waals surface area contributed by atoms with Crippen LogP contribution in [0.4, 0.5) is 0 Å². The van der Waals surface area contributed by atoms with Gasteiger partial charge in [-0.05, 0) is 42.9 Å². The minimum atomic E-state index is -0.526. The first-order valence-electron chi connectivity index (χ1n) is 10.4. The van der Waals surface area contributed by atoms with Crippen LogP contribution in [0.5, 0.6) is 0 Å². The van der Waals surface area contributed by atoms with E-state index in [2.05, 4.69) is 5.10 Å². The minimum absolute atomic E-state index is 0.000995. The molecule has 0 spiro atoms. The summed E-state index contributed by atoms with van der Waals surface area (Å²) in [5.41, 5.74) is 1.94. The van der Waals surface area contributed by atoms with Gasteiger partial charge < -0.3 is 9.47 Å². The Kier molecular flexibility index (Phi) is 6.57. The highest BCUT2D eigenvalue weighted by Gasteiger charge is 2.21. The lowest BCUT2D eigenvalue weighted by Crippen LogP contribution is -2.37. The first-order valence-corrected chi connectivity index (χ1v) is 10.8. The fourth-order valence-electron chi connectivity index (χ4n) is 3.78. The molecule has 0 radical (unpaired) electrons. The molecule has 0 amide bonds. The van der Waals surface area contributed by atoms with Gasteiger partial charge in [0, 0.05) is 0 Å². The predicted octanol–water partition coefficient (Wildman–Crippen LogP) is 2.08. The fraction of sp³-hybridized carbons (Fsp3) is 0.261. The smallest absolute Gasteiger partial charge is 0.319 e. The van der Waals surface area contributed by atoms with Gasteiger partial charge >= 0.3 is 11.9 Å². The number of aromatic nitrogens is 4. The molecule has 0 N–H and O–H groups in total. The summed E-state index contributed by atoms with van der Waals surface area (Å²) in [6.07, 6.45) is 0. The van der Waals surface area contributed by atoms with Gasteiger partial charge in [0.1, 0.15) is 0 Å². The van der Waals surface area contributed by atoms with E-state index in [-0.39, 0.29) is 25.3 Å². The van der Waals surface area contributed by atoms with Crippen molar-refractivity contribution < 1.29 is 19.1 Å². The summed E-state index contributed by atoms with van der Waals surface area (Å²) in [6.45, 7) is 1.56. The SMILES string of the molecule is COC(=O)CN(CC(=O)OC)Cn1nc2n(-c3ccccc3C)c(=O)c3ccccc3n2c1=S. The van der Waals surface area contributed by atoms with Crippen LogP contribution >= 0.6 is 12.2 Å². The lowest BCUT2D eigenvalue weighted by atomic mass is 10.2. The van der Waals surface area contributed by atoms with Crippen molar-refractivity contribution in [1.29, 1.82) is 0 Å². The monoisotopic (exact) mass is 481 g/mol. The van der Waals surface area contributed by atoms with Crippen LogP contribution in [0, 0.1) is 11.7 Å². The van der Waals surface area contributed by atoms with Crippen molar-refractivity contribution in [3.63, 3.8) is 0 Å². The first kappa shape index (κ1) is 23.3. The van der Waals surface area contributed by atoms with E-state index in [1.807, 2.05) is 37.3 Å². The third-order valence-corrected chi connectivity index (χ3v) is 5.85. The number of ether oxygens (including phenoxy) is 2. The van der Waals surface area contributed by atoms with E-state index < -0.39 is 11.9 Å². The number of carbonyl (C=O) groups excluding carboxylic acids is 2. The average Bonchev–Trinajstić information content (AvgIpc) is 3.15. The standard InChI is InChI=1S/C23H23N5O5S/c1-15-8-4-6-10-17(15)27-21(31)16-9-5-7-11-18(16)28-22(27)24-26(23(28)34)14-25(12-19(29)32-2)13-20(30)33-3/h4-11H,12-14H2,1-3H3. The molecular formula is C23H23N5O5S. The molecule has 11 heteroatoms. The van der Waals surface area contributed by atoms with Crippen LogP contribution < -0.4 is 5.56 Å². The van der Waals surface area contributed by atoms with E-state index in [9.17, 15) is 14.4 Å². The molecule has 0 saturated heterocycles. The normalized spacial score (nSPS) is 11.3. The number of nitrogens with zero attached hydrogens (tertiary/aromatic N) is 5. The zero-order valence-corrected chi connectivity index (χ0v) is 19.7. The number of esters is 2. The van der Waals surface area contributed by atoms with Crippen LogP contribution in [0.2, 0.25) is 0 Å². The number of para-hydroxylation sites is 2. The molecule has 0 saturated carbocycles. The summed E-state index contributed by atoms with van der Waals surface area (Å²) in [7, 11) is 2.53. The maximum Gasteiger partial charge on any atom is 0.319 e. The van der Waals surface area contributed by atoms with Gasteiger partial charge in [0.2, 0.25) is 10.5 Å². The first-order chi connectivity index (χ1) is 16.3. The van der Waals surface area contributed by atoms with Crippen molar-refractivity contribution in [3.05, 3.63) is 69.2 Å². The Morgan fingerprint density at radius 1 is 1.00 bits per heavy atom. The number of rotatable bonds is 7. The zero-order chi connectivity index (χ0) is 24.4. The third kappa shape index (κ3) is 4.22. The van der Waals surface area contributed by atoms with Gasteiger partial charge in [-0.25, -0.2) is 9.25 Å². The fourth-order valence-corrected chi connectivity index (χ4v) is 4.05. The van der Waals surface area contributed by atoms with Gasteiger partial charge in [-0.15, -0.1) is 5.10 Å². The molecule has 2 aromatic carbocycles. The van der Waals surface area contributed by atoms with Crippen LogP contribution in [0.3, 0.4) is 0 Å². The Morgan fingerprint density at radius 3 is 2.26 bits per heavy atom. The second-order valence-corrected chi connectivity index (χ2v) is 8.01. The number of carbonyl (C=O) groups is 2. The summed E-state index contributed by atoms with van der Waals surface area (Å²) >= 11 is 5.73. The lowest BCUT2D eigenvalue weighted by Gasteiger charge is -2.19. The second kappa shape index (κ2) is 9.57. The summed E-state index contributed by atoms with van der Waals surface area (Å²) in [5, 5.41) is 5.12. The number of aryl methyl sites for hydroxylation is 1. The molecule has 0 aliphatic carbocycles. The lowest BCUT2D eigenvalue weighted by molar-refractivity contribution is -0.146. The number of benzene rings is 2. The van der Waals surface area contributed by atoms with Crippen LogP contribution in [0.15, 0.2) is 53.3 Å². The van der Waals surface area contributed by atoms with E-state index in [1.165, 1.54) is 28.4 Å². The van der Waals surface area contributed by atoms with Gasteiger partial charge in [-0.1, -0.05) is 30.3 Å².